The van der Waals surface area contributed by atoms with E-state index in [0.717, 1.165) is 11.1 Å². The molecule has 0 heterocycles. The zero-order valence-corrected chi connectivity index (χ0v) is 16.9. The molecule has 27 heavy (non-hydrogen) atoms. The Morgan fingerprint density at radius 1 is 1.19 bits per heavy atom. The Hall–Kier alpha value is -2.24. The van der Waals surface area contributed by atoms with Gasteiger partial charge in [0.1, 0.15) is 11.7 Å². The van der Waals surface area contributed by atoms with Crippen molar-refractivity contribution >= 4 is 23.4 Å². The summed E-state index contributed by atoms with van der Waals surface area (Å²) in [5, 5.41) is 13.9. The maximum atomic E-state index is 11.8. The van der Waals surface area contributed by atoms with E-state index in [1.807, 2.05) is 52.0 Å². The summed E-state index contributed by atoms with van der Waals surface area (Å²) in [6, 6.07) is 12.6. The molecule has 146 valence electrons. The number of carbonyl (C=O) groups excluding carboxylic acids is 1. The topological polar surface area (TPSA) is 84.6 Å². The van der Waals surface area contributed by atoms with Crippen molar-refractivity contribution in [2.75, 3.05) is 12.3 Å². The average Bonchev–Trinajstić information content (AvgIpc) is 2.60. The van der Waals surface area contributed by atoms with Gasteiger partial charge in [-0.05, 0) is 56.0 Å². The molecule has 0 saturated carbocycles. The lowest BCUT2D eigenvalue weighted by Crippen LogP contribution is -2.34. The van der Waals surface area contributed by atoms with E-state index in [4.69, 9.17) is 22.1 Å². The third-order valence-electron chi connectivity index (χ3n) is 4.12. The van der Waals surface area contributed by atoms with E-state index in [2.05, 4.69) is 5.32 Å². The second-order valence-corrected chi connectivity index (χ2v) is 8.06. The van der Waals surface area contributed by atoms with Crippen LogP contribution in [0.5, 0.6) is 0 Å². The van der Waals surface area contributed by atoms with Gasteiger partial charge in [-0.1, -0.05) is 42.8 Å². The first-order valence-electron chi connectivity index (χ1n) is 8.86. The van der Waals surface area contributed by atoms with E-state index >= 15 is 0 Å². The van der Waals surface area contributed by atoms with Crippen molar-refractivity contribution in [1.82, 2.24) is 5.32 Å². The van der Waals surface area contributed by atoms with E-state index in [-0.39, 0.29) is 5.92 Å². The molecule has 5 nitrogen and oxygen atoms in total. The third-order valence-corrected chi connectivity index (χ3v) is 4.35. The molecule has 0 bridgehead atoms. The molecule has 2 rings (SSSR count). The number of halogens is 1. The number of nitrogens with one attached hydrogen (secondary N) is 1. The predicted molar refractivity (Wildman–Crippen MR) is 109 cm³/mol. The Morgan fingerprint density at radius 2 is 1.78 bits per heavy atom. The molecule has 4 N–H and O–H groups in total. The summed E-state index contributed by atoms with van der Waals surface area (Å²) in [7, 11) is 0. The van der Waals surface area contributed by atoms with Crippen molar-refractivity contribution in [3.8, 4) is 0 Å². The van der Waals surface area contributed by atoms with Crippen LogP contribution in [0.1, 0.15) is 56.4 Å². The first-order valence-corrected chi connectivity index (χ1v) is 9.24. The number of rotatable bonds is 5. The number of alkyl carbamates (subject to hydrolysis) is 1. The highest BCUT2D eigenvalue weighted by atomic mass is 35.5. The van der Waals surface area contributed by atoms with E-state index in [9.17, 15) is 9.90 Å². The highest BCUT2D eigenvalue weighted by Gasteiger charge is 2.18. The molecule has 0 aliphatic rings. The van der Waals surface area contributed by atoms with Crippen LogP contribution >= 0.6 is 11.6 Å². The van der Waals surface area contributed by atoms with Crippen LogP contribution in [0.4, 0.5) is 10.5 Å². The smallest absolute Gasteiger partial charge is 0.407 e. The molecule has 0 saturated heterocycles. The molecular weight excluding hydrogens is 364 g/mol. The molecule has 2 aromatic rings. The van der Waals surface area contributed by atoms with Gasteiger partial charge in [-0.15, -0.1) is 0 Å². The van der Waals surface area contributed by atoms with E-state index in [1.54, 1.807) is 18.2 Å². The molecule has 0 aromatic heterocycles. The summed E-state index contributed by atoms with van der Waals surface area (Å²) >= 11 is 6.00. The number of hydrogen-bond acceptors (Lipinski definition) is 4. The minimum absolute atomic E-state index is 0.0972. The second kappa shape index (κ2) is 8.63. The van der Waals surface area contributed by atoms with Crippen molar-refractivity contribution in [3.63, 3.8) is 0 Å². The fourth-order valence-electron chi connectivity index (χ4n) is 2.64. The first-order chi connectivity index (χ1) is 12.6. The number of aliphatic hydroxyl groups excluding tert-OH is 1. The SMILES string of the molecule is CC(CNC(=O)OC(C)(C)C)c1ccc(C(O)c2cc(Cl)ccc2N)cc1. The van der Waals surface area contributed by atoms with Crippen molar-refractivity contribution in [2.45, 2.75) is 45.3 Å². The number of ether oxygens (including phenoxy) is 1. The van der Waals surface area contributed by atoms with Gasteiger partial charge in [0, 0.05) is 22.8 Å². The maximum Gasteiger partial charge on any atom is 0.407 e. The van der Waals surface area contributed by atoms with Crippen LogP contribution in [0.2, 0.25) is 5.02 Å². The maximum absolute atomic E-state index is 11.8. The van der Waals surface area contributed by atoms with Crippen LogP contribution in [-0.2, 0) is 4.74 Å². The van der Waals surface area contributed by atoms with Gasteiger partial charge in [-0.25, -0.2) is 4.79 Å². The number of benzene rings is 2. The Labute approximate surface area is 165 Å². The molecule has 0 spiro atoms. The molecule has 0 fully saturated rings. The van der Waals surface area contributed by atoms with Gasteiger partial charge >= 0.3 is 6.09 Å². The Kier molecular flexibility index (Phi) is 6.73. The van der Waals surface area contributed by atoms with Gasteiger partial charge in [0.05, 0.1) is 0 Å². The number of amides is 1. The monoisotopic (exact) mass is 390 g/mol. The van der Waals surface area contributed by atoms with Crippen LogP contribution in [0.15, 0.2) is 42.5 Å². The zero-order chi connectivity index (χ0) is 20.2. The lowest BCUT2D eigenvalue weighted by atomic mass is 9.95. The number of nitrogen functional groups attached to an aromatic ring is 1. The Balaban J connectivity index is 2.01. The van der Waals surface area contributed by atoms with Gasteiger partial charge in [0.15, 0.2) is 0 Å². The molecule has 0 aliphatic carbocycles. The summed E-state index contributed by atoms with van der Waals surface area (Å²) in [6.45, 7) is 7.95. The van der Waals surface area contributed by atoms with Crippen molar-refractivity contribution in [1.29, 1.82) is 0 Å². The van der Waals surface area contributed by atoms with Gasteiger partial charge in [-0.3, -0.25) is 0 Å². The normalized spacial score (nSPS) is 13.7. The fraction of sp³-hybridized carbons (Fsp3) is 0.381. The van der Waals surface area contributed by atoms with Gasteiger partial charge in [0.25, 0.3) is 0 Å². The number of carbonyl (C=O) groups is 1. The summed E-state index contributed by atoms with van der Waals surface area (Å²) in [6.07, 6.45) is -1.29. The van der Waals surface area contributed by atoms with Crippen LogP contribution in [-0.4, -0.2) is 23.3 Å². The number of nitrogens with two attached hydrogens (primary N) is 1. The average molecular weight is 391 g/mol. The molecular formula is C21H27ClN2O3. The predicted octanol–water partition coefficient (Wildman–Crippen LogP) is 4.63. The number of anilines is 1. The first kappa shape index (κ1) is 21.1. The fourth-order valence-corrected chi connectivity index (χ4v) is 2.82. The Morgan fingerprint density at radius 3 is 2.37 bits per heavy atom. The third kappa shape index (κ3) is 6.15. The summed E-state index contributed by atoms with van der Waals surface area (Å²) in [4.78, 5) is 11.8. The molecule has 2 unspecified atom stereocenters. The van der Waals surface area contributed by atoms with Gasteiger partial charge in [0.2, 0.25) is 0 Å². The minimum atomic E-state index is -0.854. The van der Waals surface area contributed by atoms with Gasteiger partial charge in [-0.2, -0.15) is 0 Å². The highest BCUT2D eigenvalue weighted by Crippen LogP contribution is 2.30. The van der Waals surface area contributed by atoms with Crippen LogP contribution < -0.4 is 11.1 Å². The quantitative estimate of drug-likeness (QED) is 0.649. The standard InChI is InChI=1S/C21H27ClN2O3/c1-13(12-24-20(26)27-21(2,3)4)14-5-7-15(8-6-14)19(25)17-11-16(22)9-10-18(17)23/h5-11,13,19,25H,12,23H2,1-4H3,(H,24,26). The zero-order valence-electron chi connectivity index (χ0n) is 16.1. The molecule has 2 atom stereocenters. The van der Waals surface area contributed by atoms with Gasteiger partial charge < -0.3 is 20.9 Å². The molecule has 0 aliphatic heterocycles. The highest BCUT2D eigenvalue weighted by molar-refractivity contribution is 6.30. The molecule has 2 aromatic carbocycles. The lowest BCUT2D eigenvalue weighted by Gasteiger charge is -2.21. The van der Waals surface area contributed by atoms with Crippen LogP contribution in [0.25, 0.3) is 0 Å². The number of aliphatic hydroxyl groups is 1. The Bertz CT molecular complexity index is 785. The lowest BCUT2D eigenvalue weighted by molar-refractivity contribution is 0.0525. The minimum Gasteiger partial charge on any atom is -0.444 e. The second-order valence-electron chi connectivity index (χ2n) is 7.63. The van der Waals surface area contributed by atoms with E-state index in [1.165, 1.54) is 0 Å². The summed E-state index contributed by atoms with van der Waals surface area (Å²) in [5.41, 5.74) is 8.26. The number of hydrogen-bond donors (Lipinski definition) is 3. The molecule has 0 radical (unpaired) electrons. The van der Waals surface area contributed by atoms with E-state index < -0.39 is 17.8 Å². The van der Waals surface area contributed by atoms with Crippen LogP contribution in [0, 0.1) is 0 Å². The largest absolute Gasteiger partial charge is 0.444 e. The van der Waals surface area contributed by atoms with Crippen molar-refractivity contribution in [3.05, 3.63) is 64.2 Å². The van der Waals surface area contributed by atoms with Crippen LogP contribution in [0.3, 0.4) is 0 Å². The van der Waals surface area contributed by atoms with Crippen molar-refractivity contribution in [2.24, 2.45) is 0 Å². The summed E-state index contributed by atoms with van der Waals surface area (Å²) in [5.74, 6) is 0.0972. The molecule has 1 amide bonds. The molecule has 6 heteroatoms. The van der Waals surface area contributed by atoms with E-state index in [0.29, 0.717) is 22.8 Å². The summed E-state index contributed by atoms with van der Waals surface area (Å²) < 4.78 is 5.24. The van der Waals surface area contributed by atoms with Crippen molar-refractivity contribution < 1.29 is 14.6 Å².